The van der Waals surface area contributed by atoms with Crippen LogP contribution in [-0.4, -0.2) is 38.0 Å². The lowest BCUT2D eigenvalue weighted by atomic mass is 10.00. The number of benzene rings is 3. The first-order valence-electron chi connectivity index (χ1n) is 11.0. The van der Waals surface area contributed by atoms with E-state index in [1.54, 1.807) is 17.0 Å². The van der Waals surface area contributed by atoms with E-state index in [0.717, 1.165) is 22.4 Å². The number of nitrogens with zero attached hydrogens (tertiary/aromatic N) is 1. The molecule has 7 heteroatoms. The molecule has 4 rings (SSSR count). The van der Waals surface area contributed by atoms with Crippen LogP contribution < -0.4 is 19.5 Å². The van der Waals surface area contributed by atoms with Crippen molar-refractivity contribution in [3.8, 4) is 17.2 Å². The van der Waals surface area contributed by atoms with Crippen LogP contribution in [0.3, 0.4) is 0 Å². The smallest absolute Gasteiger partial charge is 0.255 e. The predicted octanol–water partition coefficient (Wildman–Crippen LogP) is 4.75. The Labute approximate surface area is 199 Å². The summed E-state index contributed by atoms with van der Waals surface area (Å²) >= 11 is 0. The number of carbonyl (C=O) groups excluding carboxylic acids is 2. The number of hydrogen-bond acceptors (Lipinski definition) is 5. The maximum absolute atomic E-state index is 13.3. The van der Waals surface area contributed by atoms with Gasteiger partial charge in [-0.1, -0.05) is 36.4 Å². The van der Waals surface area contributed by atoms with E-state index in [0.29, 0.717) is 29.4 Å². The van der Waals surface area contributed by atoms with Crippen LogP contribution in [0.1, 0.15) is 39.5 Å². The van der Waals surface area contributed by atoms with Crippen molar-refractivity contribution in [1.29, 1.82) is 0 Å². The number of carbonyl (C=O) groups is 2. The Hall–Kier alpha value is -4.00. The second kappa shape index (κ2) is 9.87. The number of fused-ring (bicyclic) bond motifs is 1. The monoisotopic (exact) mass is 460 g/mol. The second-order valence-corrected chi connectivity index (χ2v) is 8.13. The van der Waals surface area contributed by atoms with Crippen molar-refractivity contribution in [3.63, 3.8) is 0 Å². The molecule has 3 aromatic carbocycles. The van der Waals surface area contributed by atoms with E-state index < -0.39 is 6.04 Å². The molecule has 34 heavy (non-hydrogen) atoms. The minimum absolute atomic E-state index is 0.0622. The molecular formula is C27H28N2O5. The summed E-state index contributed by atoms with van der Waals surface area (Å²) in [7, 11) is 4.61. The predicted molar refractivity (Wildman–Crippen MR) is 130 cm³/mol. The van der Waals surface area contributed by atoms with Gasteiger partial charge in [-0.2, -0.15) is 0 Å². The maximum Gasteiger partial charge on any atom is 0.255 e. The lowest BCUT2D eigenvalue weighted by molar-refractivity contribution is -0.117. The van der Waals surface area contributed by atoms with Gasteiger partial charge in [0.05, 0.1) is 33.8 Å². The van der Waals surface area contributed by atoms with Crippen LogP contribution in [0.15, 0.2) is 60.7 Å². The summed E-state index contributed by atoms with van der Waals surface area (Å²) in [6.45, 7) is 2.35. The van der Waals surface area contributed by atoms with Crippen LogP contribution in [0, 0.1) is 6.92 Å². The van der Waals surface area contributed by atoms with Gasteiger partial charge in [0.2, 0.25) is 11.7 Å². The van der Waals surface area contributed by atoms with Gasteiger partial charge >= 0.3 is 0 Å². The molecule has 0 radical (unpaired) electrons. The average molecular weight is 461 g/mol. The molecule has 0 bridgehead atoms. The molecule has 0 fully saturated rings. The number of aryl methyl sites for hydroxylation is 1. The van der Waals surface area contributed by atoms with Crippen LogP contribution in [0.25, 0.3) is 0 Å². The highest BCUT2D eigenvalue weighted by atomic mass is 16.5. The van der Waals surface area contributed by atoms with Gasteiger partial charge in [-0.05, 0) is 47.9 Å². The van der Waals surface area contributed by atoms with Gasteiger partial charge in [-0.25, -0.2) is 0 Å². The number of methoxy groups -OCH3 is 3. The van der Waals surface area contributed by atoms with Gasteiger partial charge in [0.15, 0.2) is 11.5 Å². The zero-order valence-corrected chi connectivity index (χ0v) is 19.8. The number of amides is 2. The van der Waals surface area contributed by atoms with Gasteiger partial charge in [-0.15, -0.1) is 0 Å². The fraction of sp³-hybridized carbons (Fsp3) is 0.259. The fourth-order valence-electron chi connectivity index (χ4n) is 4.32. The number of para-hydroxylation sites is 1. The van der Waals surface area contributed by atoms with E-state index in [-0.39, 0.29) is 18.2 Å². The van der Waals surface area contributed by atoms with Crippen LogP contribution in [0.2, 0.25) is 0 Å². The summed E-state index contributed by atoms with van der Waals surface area (Å²) in [5, 5.41) is 2.99. The van der Waals surface area contributed by atoms with E-state index >= 15 is 0 Å². The van der Waals surface area contributed by atoms with Crippen molar-refractivity contribution >= 4 is 17.5 Å². The normalized spacial score (nSPS) is 13.3. The molecule has 1 atom stereocenters. The maximum atomic E-state index is 13.3. The SMILES string of the molecule is COc1cc(C(CC(=O)Nc2ccccc2C)N2Cc3ccccc3C2=O)cc(OC)c1OC. The summed E-state index contributed by atoms with van der Waals surface area (Å²) in [5.41, 5.74) is 4.01. The van der Waals surface area contributed by atoms with Crippen molar-refractivity contribution in [3.05, 3.63) is 82.9 Å². The van der Waals surface area contributed by atoms with E-state index in [1.807, 2.05) is 55.5 Å². The molecule has 2 amide bonds. The number of ether oxygens (including phenoxy) is 3. The highest BCUT2D eigenvalue weighted by Crippen LogP contribution is 2.43. The van der Waals surface area contributed by atoms with E-state index in [2.05, 4.69) is 5.32 Å². The molecule has 0 spiro atoms. The number of nitrogens with one attached hydrogen (secondary N) is 1. The highest BCUT2D eigenvalue weighted by molar-refractivity contribution is 5.99. The van der Waals surface area contributed by atoms with Gasteiger partial charge in [0, 0.05) is 17.8 Å². The number of hydrogen-bond donors (Lipinski definition) is 1. The summed E-state index contributed by atoms with van der Waals surface area (Å²) < 4.78 is 16.5. The van der Waals surface area contributed by atoms with Gasteiger partial charge in [0.25, 0.3) is 5.91 Å². The third-order valence-corrected chi connectivity index (χ3v) is 6.10. The summed E-state index contributed by atoms with van der Waals surface area (Å²) in [6.07, 6.45) is 0.0622. The zero-order valence-electron chi connectivity index (χ0n) is 19.8. The lowest BCUT2D eigenvalue weighted by Crippen LogP contribution is -2.32. The third-order valence-electron chi connectivity index (χ3n) is 6.10. The summed E-state index contributed by atoms with van der Waals surface area (Å²) in [4.78, 5) is 28.2. The molecule has 0 saturated carbocycles. The van der Waals surface area contributed by atoms with Gasteiger partial charge < -0.3 is 24.4 Å². The first kappa shape index (κ1) is 23.2. The molecule has 0 saturated heterocycles. The van der Waals surface area contributed by atoms with Crippen molar-refractivity contribution in [2.75, 3.05) is 26.6 Å². The van der Waals surface area contributed by atoms with Crippen molar-refractivity contribution < 1.29 is 23.8 Å². The molecule has 1 aliphatic rings. The Balaban J connectivity index is 1.73. The van der Waals surface area contributed by atoms with Crippen molar-refractivity contribution in [1.82, 2.24) is 4.90 Å². The molecule has 1 unspecified atom stereocenters. The van der Waals surface area contributed by atoms with E-state index in [1.165, 1.54) is 21.3 Å². The Morgan fingerprint density at radius 3 is 2.24 bits per heavy atom. The summed E-state index contributed by atoms with van der Waals surface area (Å²) in [5.74, 6) is 1.07. The lowest BCUT2D eigenvalue weighted by Gasteiger charge is -2.29. The zero-order chi connectivity index (χ0) is 24.2. The van der Waals surface area contributed by atoms with Crippen LogP contribution in [0.5, 0.6) is 17.2 Å². The van der Waals surface area contributed by atoms with E-state index in [4.69, 9.17) is 14.2 Å². The number of anilines is 1. The molecule has 1 heterocycles. The fourth-order valence-corrected chi connectivity index (χ4v) is 4.32. The Bertz CT molecular complexity index is 1200. The molecule has 176 valence electrons. The minimum Gasteiger partial charge on any atom is -0.493 e. The molecule has 0 aliphatic carbocycles. The Morgan fingerprint density at radius 2 is 1.62 bits per heavy atom. The number of rotatable bonds is 8. The molecule has 1 aliphatic heterocycles. The molecule has 1 N–H and O–H groups in total. The topological polar surface area (TPSA) is 77.1 Å². The first-order valence-corrected chi connectivity index (χ1v) is 11.0. The first-order chi connectivity index (χ1) is 16.5. The van der Waals surface area contributed by atoms with Crippen LogP contribution in [0.4, 0.5) is 5.69 Å². The largest absolute Gasteiger partial charge is 0.493 e. The third kappa shape index (κ3) is 4.41. The van der Waals surface area contributed by atoms with Crippen LogP contribution >= 0.6 is 0 Å². The molecule has 7 nitrogen and oxygen atoms in total. The minimum atomic E-state index is -0.544. The van der Waals surface area contributed by atoms with E-state index in [9.17, 15) is 9.59 Å². The van der Waals surface area contributed by atoms with Gasteiger partial charge in [-0.3, -0.25) is 9.59 Å². The Morgan fingerprint density at radius 1 is 0.971 bits per heavy atom. The van der Waals surface area contributed by atoms with Gasteiger partial charge in [0.1, 0.15) is 0 Å². The standard InChI is InChI=1S/C27H28N2O5/c1-17-9-5-8-12-21(17)28-25(30)15-22(29-16-18-10-6-7-11-20(18)27(29)31)19-13-23(32-2)26(34-4)24(14-19)33-3/h5-14,22H,15-16H2,1-4H3,(H,28,30). The molecular weight excluding hydrogens is 432 g/mol. The molecule has 0 aromatic heterocycles. The second-order valence-electron chi connectivity index (χ2n) is 8.13. The van der Waals surface area contributed by atoms with Crippen molar-refractivity contribution in [2.24, 2.45) is 0 Å². The highest BCUT2D eigenvalue weighted by Gasteiger charge is 2.35. The van der Waals surface area contributed by atoms with Crippen molar-refractivity contribution in [2.45, 2.75) is 25.9 Å². The quantitative estimate of drug-likeness (QED) is 0.525. The molecule has 3 aromatic rings. The Kier molecular flexibility index (Phi) is 6.72. The summed E-state index contributed by atoms with van der Waals surface area (Å²) in [6, 6.07) is 18.2. The van der Waals surface area contributed by atoms with Crippen LogP contribution in [-0.2, 0) is 11.3 Å². The average Bonchev–Trinajstić information content (AvgIpc) is 3.19.